The first kappa shape index (κ1) is 21.4. The van der Waals surface area contributed by atoms with Gasteiger partial charge in [0.2, 0.25) is 5.78 Å². The number of allylic oxidation sites excluding steroid dienone is 4. The van der Waals surface area contributed by atoms with Crippen molar-refractivity contribution in [1.82, 2.24) is 0 Å². The minimum absolute atomic E-state index is 0.00371. The topological polar surface area (TPSA) is 101 Å². The van der Waals surface area contributed by atoms with E-state index in [1.165, 1.54) is 6.92 Å². The Bertz CT molecular complexity index is 858. The molecule has 0 aliphatic heterocycles. The molecule has 0 heterocycles. The van der Waals surface area contributed by atoms with Crippen molar-refractivity contribution in [1.29, 1.82) is 0 Å². The average molecular weight is 417 g/mol. The van der Waals surface area contributed by atoms with Gasteiger partial charge in [-0.2, -0.15) is 0 Å². The normalized spacial score (nSPS) is 47.1. The summed E-state index contributed by atoms with van der Waals surface area (Å²) in [6.07, 6.45) is 7.15. The number of hydrogen-bond donors (Lipinski definition) is 2. The summed E-state index contributed by atoms with van der Waals surface area (Å²) in [7, 11) is 0. The molecular formula is C24H32O6. The van der Waals surface area contributed by atoms with Crippen LogP contribution in [0.5, 0.6) is 0 Å². The number of rotatable bonds is 3. The zero-order chi connectivity index (χ0) is 22.1. The molecule has 0 spiro atoms. The molecule has 8 atom stereocenters. The first-order valence-electron chi connectivity index (χ1n) is 11.0. The van der Waals surface area contributed by atoms with Crippen molar-refractivity contribution in [3.63, 3.8) is 0 Å². The lowest BCUT2D eigenvalue weighted by atomic mass is 9.46. The van der Waals surface area contributed by atoms with Crippen molar-refractivity contribution in [2.75, 3.05) is 6.61 Å². The van der Waals surface area contributed by atoms with Crippen LogP contribution >= 0.6 is 0 Å². The maximum atomic E-state index is 13.1. The van der Waals surface area contributed by atoms with Crippen molar-refractivity contribution in [2.24, 2.45) is 34.5 Å². The Morgan fingerprint density at radius 2 is 2.00 bits per heavy atom. The van der Waals surface area contributed by atoms with Crippen molar-refractivity contribution in [3.05, 3.63) is 23.8 Å². The highest BCUT2D eigenvalue weighted by Gasteiger charge is 2.70. The highest BCUT2D eigenvalue weighted by Crippen LogP contribution is 2.68. The average Bonchev–Trinajstić information content (AvgIpc) is 2.87. The second-order valence-corrected chi connectivity index (χ2v) is 10.3. The third-order valence-electron chi connectivity index (χ3n) is 8.91. The van der Waals surface area contributed by atoms with Crippen LogP contribution in [0.1, 0.15) is 53.4 Å². The van der Waals surface area contributed by atoms with Gasteiger partial charge < -0.3 is 14.9 Å². The Morgan fingerprint density at radius 1 is 1.30 bits per heavy atom. The first-order valence-corrected chi connectivity index (χ1v) is 11.0. The molecule has 0 radical (unpaired) electrons. The Balaban J connectivity index is 1.70. The van der Waals surface area contributed by atoms with Crippen LogP contribution in [0.25, 0.3) is 0 Å². The summed E-state index contributed by atoms with van der Waals surface area (Å²) < 4.78 is 4.93. The number of Topliss-reactive ketones (excluding diaryl/α,β-unsaturated/α-hetero) is 1. The highest BCUT2D eigenvalue weighted by molar-refractivity contribution is 6.01. The van der Waals surface area contributed by atoms with Crippen molar-refractivity contribution >= 4 is 17.5 Å². The van der Waals surface area contributed by atoms with E-state index in [2.05, 4.69) is 6.92 Å². The molecule has 3 fully saturated rings. The maximum Gasteiger partial charge on any atom is 0.303 e. The number of ether oxygens (including phenoxy) is 1. The zero-order valence-corrected chi connectivity index (χ0v) is 18.2. The minimum atomic E-state index is -1.64. The van der Waals surface area contributed by atoms with Crippen LogP contribution in [-0.2, 0) is 19.1 Å². The van der Waals surface area contributed by atoms with E-state index in [-0.39, 0.29) is 34.9 Å². The fourth-order valence-corrected chi connectivity index (χ4v) is 7.53. The number of carbonyl (C=O) groups excluding carboxylic acids is 3. The number of aliphatic hydroxyl groups is 2. The molecular weight excluding hydrogens is 384 g/mol. The number of hydrogen-bond acceptors (Lipinski definition) is 6. The van der Waals surface area contributed by atoms with E-state index in [0.29, 0.717) is 12.8 Å². The maximum absolute atomic E-state index is 13.1. The van der Waals surface area contributed by atoms with Crippen LogP contribution in [0.2, 0.25) is 0 Å². The monoisotopic (exact) mass is 416 g/mol. The molecule has 0 aromatic heterocycles. The summed E-state index contributed by atoms with van der Waals surface area (Å²) in [4.78, 5) is 36.2. The molecule has 30 heavy (non-hydrogen) atoms. The van der Waals surface area contributed by atoms with Crippen molar-refractivity contribution in [2.45, 2.75) is 65.1 Å². The molecule has 4 unspecified atom stereocenters. The summed E-state index contributed by atoms with van der Waals surface area (Å²) in [5, 5.41) is 23.1. The predicted octanol–water partition coefficient (Wildman–Crippen LogP) is 2.37. The molecule has 0 saturated heterocycles. The van der Waals surface area contributed by atoms with Gasteiger partial charge in [-0.25, -0.2) is 0 Å². The first-order chi connectivity index (χ1) is 13.9. The van der Waals surface area contributed by atoms with E-state index in [1.54, 1.807) is 12.2 Å². The summed E-state index contributed by atoms with van der Waals surface area (Å²) in [5.74, 6) is -1.19. The summed E-state index contributed by atoms with van der Waals surface area (Å²) in [5.41, 5.74) is -1.75. The molecule has 0 amide bonds. The number of carbonyl (C=O) groups is 3. The number of ketones is 2. The van der Waals surface area contributed by atoms with Crippen molar-refractivity contribution < 1.29 is 29.3 Å². The third kappa shape index (κ3) is 2.72. The fourth-order valence-electron chi connectivity index (χ4n) is 7.53. The van der Waals surface area contributed by atoms with Crippen molar-refractivity contribution in [3.8, 4) is 0 Å². The standard InChI is InChI=1S/C24H32O6/c1-13-9-18-17-6-5-15-10-16(26)7-8-22(15,3)21(17)19(27)11-23(18,4)24(13,29)20(28)12-30-14(2)25/h7-8,10,13,17-19,21,27,29H,5-6,9,11-12H2,1-4H3/t13-,17?,18?,19?,21?,22-,23-,24-/m0/s1. The fraction of sp³-hybridized carbons (Fsp3) is 0.708. The Morgan fingerprint density at radius 3 is 2.67 bits per heavy atom. The van der Waals surface area contributed by atoms with Crippen LogP contribution in [0.4, 0.5) is 0 Å². The van der Waals surface area contributed by atoms with Gasteiger partial charge >= 0.3 is 5.97 Å². The van der Waals surface area contributed by atoms with Gasteiger partial charge in [0.05, 0.1) is 6.10 Å². The van der Waals surface area contributed by atoms with Crippen LogP contribution < -0.4 is 0 Å². The van der Waals surface area contributed by atoms with E-state index < -0.39 is 35.5 Å². The molecule has 0 bridgehead atoms. The molecule has 4 aliphatic carbocycles. The Kier molecular flexibility index (Phi) is 4.90. The molecule has 0 aromatic rings. The lowest BCUT2D eigenvalue weighted by molar-refractivity contribution is -0.185. The number of esters is 1. The summed E-state index contributed by atoms with van der Waals surface area (Å²) in [6.45, 7) is 6.69. The van der Waals surface area contributed by atoms with Crippen LogP contribution in [0, 0.1) is 34.5 Å². The summed E-state index contributed by atoms with van der Waals surface area (Å²) in [6, 6.07) is 0. The zero-order valence-electron chi connectivity index (χ0n) is 18.2. The predicted molar refractivity (Wildman–Crippen MR) is 109 cm³/mol. The largest absolute Gasteiger partial charge is 0.458 e. The smallest absolute Gasteiger partial charge is 0.303 e. The minimum Gasteiger partial charge on any atom is -0.458 e. The highest BCUT2D eigenvalue weighted by atomic mass is 16.5. The van der Waals surface area contributed by atoms with Gasteiger partial charge in [0.25, 0.3) is 0 Å². The second kappa shape index (κ2) is 6.86. The molecule has 4 rings (SSSR count). The van der Waals surface area contributed by atoms with E-state index in [4.69, 9.17) is 4.74 Å². The summed E-state index contributed by atoms with van der Waals surface area (Å²) >= 11 is 0. The molecule has 2 N–H and O–H groups in total. The molecule has 4 aliphatic rings. The van der Waals surface area contributed by atoms with Gasteiger partial charge in [0, 0.05) is 23.7 Å². The quantitative estimate of drug-likeness (QED) is 0.685. The van der Waals surface area contributed by atoms with E-state index >= 15 is 0 Å². The molecule has 164 valence electrons. The Hall–Kier alpha value is -1.79. The number of aliphatic hydroxyl groups excluding tert-OH is 1. The molecule has 0 aromatic carbocycles. The Labute approximate surface area is 177 Å². The SMILES string of the molecule is CC(=O)OCC(=O)[C@@]1(O)[C@@H](C)CC2C3CCC4=CC(=O)C=C[C@]4(C)C3C(O)C[C@@]21C. The van der Waals surface area contributed by atoms with E-state index in [9.17, 15) is 24.6 Å². The van der Waals surface area contributed by atoms with Crippen LogP contribution in [0.15, 0.2) is 23.8 Å². The van der Waals surface area contributed by atoms with Gasteiger partial charge in [-0.3, -0.25) is 14.4 Å². The van der Waals surface area contributed by atoms with Gasteiger partial charge in [-0.1, -0.05) is 32.4 Å². The van der Waals surface area contributed by atoms with Gasteiger partial charge in [-0.05, 0) is 55.6 Å². The van der Waals surface area contributed by atoms with Crippen LogP contribution in [-0.4, -0.2) is 46.1 Å². The van der Waals surface area contributed by atoms with Crippen LogP contribution in [0.3, 0.4) is 0 Å². The van der Waals surface area contributed by atoms with E-state index in [1.807, 2.05) is 19.9 Å². The number of fused-ring (bicyclic) bond motifs is 5. The van der Waals surface area contributed by atoms with Gasteiger partial charge in [-0.15, -0.1) is 0 Å². The van der Waals surface area contributed by atoms with Gasteiger partial charge in [0.15, 0.2) is 12.4 Å². The third-order valence-corrected chi connectivity index (χ3v) is 8.91. The molecule has 6 nitrogen and oxygen atoms in total. The molecule has 3 saturated carbocycles. The molecule has 6 heteroatoms. The van der Waals surface area contributed by atoms with Gasteiger partial charge in [0.1, 0.15) is 5.60 Å². The lowest BCUT2D eigenvalue weighted by Crippen LogP contribution is -2.62. The second-order valence-electron chi connectivity index (χ2n) is 10.3. The van der Waals surface area contributed by atoms with E-state index in [0.717, 1.165) is 18.4 Å². The lowest BCUT2D eigenvalue weighted by Gasteiger charge is -2.59.